The van der Waals surface area contributed by atoms with E-state index in [1.54, 1.807) is 10.9 Å². The van der Waals surface area contributed by atoms with Gasteiger partial charge in [-0.15, -0.1) is 11.3 Å². The quantitative estimate of drug-likeness (QED) is 0.736. The first-order valence-electron chi connectivity index (χ1n) is 6.73. The third kappa shape index (κ3) is 2.51. The van der Waals surface area contributed by atoms with Crippen molar-refractivity contribution in [3.63, 3.8) is 0 Å². The molecule has 0 saturated heterocycles. The first-order chi connectivity index (χ1) is 9.75. The molecule has 0 amide bonds. The molecule has 2 aromatic heterocycles. The lowest BCUT2D eigenvalue weighted by molar-refractivity contribution is 0.618. The van der Waals surface area contributed by atoms with Crippen LogP contribution in [0.3, 0.4) is 0 Å². The smallest absolute Gasteiger partial charge is 0.271 e. The van der Waals surface area contributed by atoms with Gasteiger partial charge < -0.3 is 0 Å². The Bertz CT molecular complexity index is 774. The van der Waals surface area contributed by atoms with Crippen LogP contribution in [0.2, 0.25) is 0 Å². The Balaban J connectivity index is 1.75. The lowest BCUT2D eigenvalue weighted by Gasteiger charge is -2.05. The summed E-state index contributed by atoms with van der Waals surface area (Å²) in [6.07, 6.45) is 3.60. The van der Waals surface area contributed by atoms with E-state index in [2.05, 4.69) is 17.1 Å². The van der Waals surface area contributed by atoms with Crippen molar-refractivity contribution in [3.05, 3.63) is 63.5 Å². The monoisotopic (exact) mass is 284 g/mol. The Kier molecular flexibility index (Phi) is 3.65. The van der Waals surface area contributed by atoms with Crippen molar-refractivity contribution >= 4 is 21.6 Å². The summed E-state index contributed by atoms with van der Waals surface area (Å²) in [5, 5.41) is 1.99. The van der Waals surface area contributed by atoms with Gasteiger partial charge in [0, 0.05) is 6.54 Å². The highest BCUT2D eigenvalue weighted by Crippen LogP contribution is 2.19. The summed E-state index contributed by atoms with van der Waals surface area (Å²) >= 11 is 1.49. The van der Waals surface area contributed by atoms with Crippen LogP contribution >= 0.6 is 11.3 Å². The topological polar surface area (TPSA) is 34.9 Å². The first kappa shape index (κ1) is 13.1. The highest BCUT2D eigenvalue weighted by atomic mass is 32.1. The fraction of sp³-hybridized carbons (Fsp3) is 0.250. The molecule has 2 heterocycles. The van der Waals surface area contributed by atoms with Crippen molar-refractivity contribution in [2.75, 3.05) is 0 Å². The molecular weight excluding hydrogens is 268 g/mol. The molecule has 0 radical (unpaired) electrons. The highest BCUT2D eigenvalue weighted by Gasteiger charge is 2.07. The third-order valence-corrected chi connectivity index (χ3v) is 4.51. The van der Waals surface area contributed by atoms with Crippen LogP contribution in [-0.2, 0) is 13.0 Å². The number of aromatic nitrogens is 2. The number of aryl methyl sites for hydroxylation is 3. The van der Waals surface area contributed by atoms with Gasteiger partial charge in [0.15, 0.2) is 0 Å². The predicted molar refractivity (Wildman–Crippen MR) is 83.4 cm³/mol. The van der Waals surface area contributed by atoms with E-state index >= 15 is 0 Å². The van der Waals surface area contributed by atoms with Crippen molar-refractivity contribution in [1.82, 2.24) is 9.55 Å². The number of thiophene rings is 1. The molecule has 4 heteroatoms. The van der Waals surface area contributed by atoms with Gasteiger partial charge in [0.05, 0.1) is 11.8 Å². The molecule has 0 aliphatic heterocycles. The van der Waals surface area contributed by atoms with E-state index in [-0.39, 0.29) is 5.56 Å². The standard InChI is InChI=1S/C16H16N2OS/c1-12-10-20-15-14(12)17-11-18(16(15)19)9-5-8-13-6-3-2-4-7-13/h2-4,6-7,10-11H,5,8-9H2,1H3. The van der Waals surface area contributed by atoms with Crippen LogP contribution in [0.15, 0.2) is 46.8 Å². The minimum atomic E-state index is 0.0844. The summed E-state index contributed by atoms with van der Waals surface area (Å²) in [6.45, 7) is 2.71. The van der Waals surface area contributed by atoms with Gasteiger partial charge in [-0.2, -0.15) is 0 Å². The fourth-order valence-electron chi connectivity index (χ4n) is 2.32. The first-order valence-corrected chi connectivity index (χ1v) is 7.61. The lowest BCUT2D eigenvalue weighted by atomic mass is 10.1. The van der Waals surface area contributed by atoms with Crippen LogP contribution in [0.5, 0.6) is 0 Å². The van der Waals surface area contributed by atoms with Gasteiger partial charge in [-0.3, -0.25) is 9.36 Å². The normalized spacial score (nSPS) is 11.1. The molecule has 0 atom stereocenters. The Morgan fingerprint density at radius 1 is 1.25 bits per heavy atom. The molecule has 3 nitrogen and oxygen atoms in total. The summed E-state index contributed by atoms with van der Waals surface area (Å²) in [4.78, 5) is 16.7. The van der Waals surface area contributed by atoms with E-state index in [0.717, 1.165) is 28.6 Å². The summed E-state index contributed by atoms with van der Waals surface area (Å²) in [5.41, 5.74) is 3.32. The van der Waals surface area contributed by atoms with Gasteiger partial charge in [0.1, 0.15) is 4.70 Å². The average molecular weight is 284 g/mol. The van der Waals surface area contributed by atoms with Gasteiger partial charge in [-0.05, 0) is 36.3 Å². The molecule has 0 saturated carbocycles. The van der Waals surface area contributed by atoms with Crippen LogP contribution in [0, 0.1) is 6.92 Å². The minimum Gasteiger partial charge on any atom is -0.298 e. The summed E-state index contributed by atoms with van der Waals surface area (Å²) in [5.74, 6) is 0. The number of rotatable bonds is 4. The Morgan fingerprint density at radius 3 is 2.85 bits per heavy atom. The van der Waals surface area contributed by atoms with E-state index in [1.165, 1.54) is 16.9 Å². The fourth-order valence-corrected chi connectivity index (χ4v) is 3.27. The van der Waals surface area contributed by atoms with Gasteiger partial charge in [0.25, 0.3) is 5.56 Å². The van der Waals surface area contributed by atoms with Gasteiger partial charge in [-0.25, -0.2) is 4.98 Å². The summed E-state index contributed by atoms with van der Waals surface area (Å²) < 4.78 is 2.49. The second-order valence-electron chi connectivity index (χ2n) is 4.93. The number of benzene rings is 1. The zero-order valence-corrected chi connectivity index (χ0v) is 12.2. The predicted octanol–water partition coefficient (Wildman–Crippen LogP) is 3.40. The van der Waals surface area contributed by atoms with Gasteiger partial charge in [0.2, 0.25) is 0 Å². The Morgan fingerprint density at radius 2 is 2.05 bits per heavy atom. The van der Waals surface area contributed by atoms with Crippen LogP contribution in [0.1, 0.15) is 17.5 Å². The number of hydrogen-bond donors (Lipinski definition) is 0. The van der Waals surface area contributed by atoms with Crippen molar-refractivity contribution in [2.45, 2.75) is 26.3 Å². The molecule has 0 bridgehead atoms. The molecule has 3 aromatic rings. The molecule has 1 aromatic carbocycles. The van der Waals surface area contributed by atoms with E-state index in [1.807, 2.05) is 30.5 Å². The second kappa shape index (κ2) is 5.59. The molecule has 0 aliphatic carbocycles. The molecule has 102 valence electrons. The van der Waals surface area contributed by atoms with Crippen LogP contribution in [-0.4, -0.2) is 9.55 Å². The van der Waals surface area contributed by atoms with E-state index in [9.17, 15) is 4.79 Å². The molecule has 20 heavy (non-hydrogen) atoms. The van der Waals surface area contributed by atoms with Crippen molar-refractivity contribution in [1.29, 1.82) is 0 Å². The SMILES string of the molecule is Cc1csc2c(=O)n(CCCc3ccccc3)cnc12. The maximum atomic E-state index is 12.3. The summed E-state index contributed by atoms with van der Waals surface area (Å²) in [6, 6.07) is 10.3. The maximum Gasteiger partial charge on any atom is 0.271 e. The molecular formula is C16H16N2OS. The van der Waals surface area contributed by atoms with Gasteiger partial charge in [-0.1, -0.05) is 30.3 Å². The van der Waals surface area contributed by atoms with Crippen molar-refractivity contribution in [3.8, 4) is 0 Å². The third-order valence-electron chi connectivity index (χ3n) is 3.43. The van der Waals surface area contributed by atoms with Crippen LogP contribution < -0.4 is 5.56 Å². The van der Waals surface area contributed by atoms with Crippen LogP contribution in [0.4, 0.5) is 0 Å². The average Bonchev–Trinajstić information content (AvgIpc) is 2.85. The van der Waals surface area contributed by atoms with E-state index < -0.39 is 0 Å². The second-order valence-corrected chi connectivity index (χ2v) is 5.81. The largest absolute Gasteiger partial charge is 0.298 e. The lowest BCUT2D eigenvalue weighted by Crippen LogP contribution is -2.20. The minimum absolute atomic E-state index is 0.0844. The molecule has 3 rings (SSSR count). The van der Waals surface area contributed by atoms with E-state index in [4.69, 9.17) is 0 Å². The number of fused-ring (bicyclic) bond motifs is 1. The van der Waals surface area contributed by atoms with Crippen LogP contribution in [0.25, 0.3) is 10.2 Å². The number of hydrogen-bond acceptors (Lipinski definition) is 3. The van der Waals surface area contributed by atoms with E-state index in [0.29, 0.717) is 6.54 Å². The Labute approximate surface area is 121 Å². The summed E-state index contributed by atoms with van der Waals surface area (Å²) in [7, 11) is 0. The molecule has 0 spiro atoms. The Hall–Kier alpha value is -1.94. The van der Waals surface area contributed by atoms with Crippen molar-refractivity contribution in [2.24, 2.45) is 0 Å². The zero-order valence-electron chi connectivity index (χ0n) is 11.4. The van der Waals surface area contributed by atoms with Crippen molar-refractivity contribution < 1.29 is 0 Å². The zero-order chi connectivity index (χ0) is 13.9. The molecule has 0 fully saturated rings. The highest BCUT2D eigenvalue weighted by molar-refractivity contribution is 7.17. The van der Waals surface area contributed by atoms with Gasteiger partial charge >= 0.3 is 0 Å². The molecule has 0 unspecified atom stereocenters. The maximum absolute atomic E-state index is 12.3. The molecule has 0 aliphatic rings. The molecule has 0 N–H and O–H groups in total. The number of nitrogens with zero attached hydrogens (tertiary/aromatic N) is 2.